The number of halogens is 1. The van der Waals surface area contributed by atoms with E-state index in [0.29, 0.717) is 6.61 Å². The Balaban J connectivity index is 2.64. The predicted octanol–water partition coefficient (Wildman–Crippen LogP) is 1.61. The minimum atomic E-state index is -0.375. The van der Waals surface area contributed by atoms with Gasteiger partial charge in [-0.15, -0.1) is 0 Å². The van der Waals surface area contributed by atoms with Gasteiger partial charge in [-0.1, -0.05) is 0 Å². The average molecular weight is 102 g/mol. The zero-order chi connectivity index (χ0) is 5.28. The molecule has 0 aliphatic carbocycles. The van der Waals surface area contributed by atoms with Crippen molar-refractivity contribution < 1.29 is 9.13 Å². The molecular formula is C5H7FO. The molecule has 1 aliphatic heterocycles. The molecule has 1 nitrogen and oxygen atoms in total. The third-order valence-corrected chi connectivity index (χ3v) is 1.04. The van der Waals surface area contributed by atoms with Crippen LogP contribution < -0.4 is 0 Å². The van der Waals surface area contributed by atoms with Gasteiger partial charge in [0, 0.05) is 12.0 Å². The first kappa shape index (κ1) is 4.62. The molecule has 1 heterocycles. The topological polar surface area (TPSA) is 9.23 Å². The van der Waals surface area contributed by atoms with Gasteiger partial charge >= 0.3 is 0 Å². The highest BCUT2D eigenvalue weighted by molar-refractivity contribution is 5.02. The van der Waals surface area contributed by atoms with Crippen molar-refractivity contribution in [2.75, 3.05) is 6.61 Å². The van der Waals surface area contributed by atoms with Gasteiger partial charge in [0.15, 0.2) is 0 Å². The van der Waals surface area contributed by atoms with Crippen LogP contribution in [-0.2, 0) is 4.74 Å². The SMILES string of the molecule is CC1=C(F)OCC1. The molecule has 1 aliphatic rings. The van der Waals surface area contributed by atoms with Crippen LogP contribution in [-0.4, -0.2) is 6.61 Å². The summed E-state index contributed by atoms with van der Waals surface area (Å²) >= 11 is 0. The largest absolute Gasteiger partial charge is 0.470 e. The molecule has 0 amide bonds. The molecule has 0 spiro atoms. The Hall–Kier alpha value is -0.530. The van der Waals surface area contributed by atoms with E-state index in [9.17, 15) is 4.39 Å². The van der Waals surface area contributed by atoms with E-state index in [-0.39, 0.29) is 6.01 Å². The summed E-state index contributed by atoms with van der Waals surface area (Å²) in [4.78, 5) is 0. The number of hydrogen-bond donors (Lipinski definition) is 0. The van der Waals surface area contributed by atoms with Crippen LogP contribution in [0.1, 0.15) is 13.3 Å². The van der Waals surface area contributed by atoms with Crippen molar-refractivity contribution in [2.45, 2.75) is 13.3 Å². The van der Waals surface area contributed by atoms with E-state index in [1.807, 2.05) is 0 Å². The third kappa shape index (κ3) is 0.734. The Labute approximate surface area is 41.8 Å². The van der Waals surface area contributed by atoms with E-state index in [1.54, 1.807) is 6.92 Å². The molecule has 0 aromatic heterocycles. The van der Waals surface area contributed by atoms with Crippen molar-refractivity contribution in [1.82, 2.24) is 0 Å². The van der Waals surface area contributed by atoms with Gasteiger partial charge in [0.25, 0.3) is 6.01 Å². The van der Waals surface area contributed by atoms with Gasteiger partial charge in [-0.2, -0.15) is 4.39 Å². The number of rotatable bonds is 0. The molecule has 1 rings (SSSR count). The Kier molecular flexibility index (Phi) is 1.01. The summed E-state index contributed by atoms with van der Waals surface area (Å²) in [6, 6.07) is -0.375. The second-order valence-electron chi connectivity index (χ2n) is 1.65. The summed E-state index contributed by atoms with van der Waals surface area (Å²) < 4.78 is 16.5. The molecule has 0 saturated carbocycles. The van der Waals surface area contributed by atoms with Crippen LogP contribution in [0, 0.1) is 0 Å². The first-order valence-corrected chi connectivity index (χ1v) is 2.29. The maximum absolute atomic E-state index is 12.0. The fraction of sp³-hybridized carbons (Fsp3) is 0.600. The predicted molar refractivity (Wildman–Crippen MR) is 24.4 cm³/mol. The summed E-state index contributed by atoms with van der Waals surface area (Å²) in [6.07, 6.45) is 0.756. The summed E-state index contributed by atoms with van der Waals surface area (Å²) in [5.74, 6) is 0. The van der Waals surface area contributed by atoms with Gasteiger partial charge in [-0.25, -0.2) is 0 Å². The molecule has 0 atom stereocenters. The van der Waals surface area contributed by atoms with Gasteiger partial charge in [-0.05, 0) is 6.92 Å². The molecule has 2 heteroatoms. The first-order chi connectivity index (χ1) is 3.30. The Bertz CT molecular complexity index is 94.6. The van der Waals surface area contributed by atoms with Crippen molar-refractivity contribution in [3.8, 4) is 0 Å². The lowest BCUT2D eigenvalue weighted by Crippen LogP contribution is -1.75. The quantitative estimate of drug-likeness (QED) is 0.451. The molecule has 0 aromatic carbocycles. The molecule has 7 heavy (non-hydrogen) atoms. The normalized spacial score (nSPS) is 20.3. The molecule has 0 N–H and O–H groups in total. The Morgan fingerprint density at radius 3 is 2.57 bits per heavy atom. The molecule has 0 unspecified atom stereocenters. The van der Waals surface area contributed by atoms with Crippen LogP contribution in [0.4, 0.5) is 4.39 Å². The van der Waals surface area contributed by atoms with Crippen LogP contribution in [0.5, 0.6) is 0 Å². The fourth-order valence-electron chi connectivity index (χ4n) is 0.515. The van der Waals surface area contributed by atoms with E-state index in [1.165, 1.54) is 0 Å². The molecule has 0 aromatic rings. The molecule has 0 bridgehead atoms. The van der Waals surface area contributed by atoms with Crippen molar-refractivity contribution >= 4 is 0 Å². The van der Waals surface area contributed by atoms with Gasteiger partial charge in [0.1, 0.15) is 0 Å². The minimum absolute atomic E-state index is 0.375. The smallest absolute Gasteiger partial charge is 0.271 e. The summed E-state index contributed by atoms with van der Waals surface area (Å²) in [7, 11) is 0. The monoisotopic (exact) mass is 102 g/mol. The van der Waals surface area contributed by atoms with Crippen molar-refractivity contribution in [3.05, 3.63) is 11.6 Å². The van der Waals surface area contributed by atoms with E-state index in [2.05, 4.69) is 4.74 Å². The fourth-order valence-corrected chi connectivity index (χ4v) is 0.515. The van der Waals surface area contributed by atoms with E-state index in [0.717, 1.165) is 12.0 Å². The van der Waals surface area contributed by atoms with Crippen LogP contribution >= 0.6 is 0 Å². The molecule has 40 valence electrons. The Morgan fingerprint density at radius 2 is 2.43 bits per heavy atom. The molecule has 0 fully saturated rings. The summed E-state index contributed by atoms with van der Waals surface area (Å²) in [5.41, 5.74) is 0.736. The highest BCUT2D eigenvalue weighted by Gasteiger charge is 2.09. The van der Waals surface area contributed by atoms with Crippen molar-refractivity contribution in [1.29, 1.82) is 0 Å². The lowest BCUT2D eigenvalue weighted by molar-refractivity contribution is 0.174. The van der Waals surface area contributed by atoms with Gasteiger partial charge < -0.3 is 4.74 Å². The molecule has 0 radical (unpaired) electrons. The van der Waals surface area contributed by atoms with Crippen molar-refractivity contribution in [2.24, 2.45) is 0 Å². The Morgan fingerprint density at radius 1 is 1.71 bits per heavy atom. The standard InChI is InChI=1S/C5H7FO/c1-4-2-3-7-5(4)6/h2-3H2,1H3. The van der Waals surface area contributed by atoms with Crippen molar-refractivity contribution in [3.63, 3.8) is 0 Å². The van der Waals surface area contributed by atoms with Crippen LogP contribution in [0.25, 0.3) is 0 Å². The average Bonchev–Trinajstić information content (AvgIpc) is 1.91. The first-order valence-electron chi connectivity index (χ1n) is 2.29. The number of ether oxygens (including phenoxy) is 1. The van der Waals surface area contributed by atoms with Crippen LogP contribution in [0.15, 0.2) is 11.6 Å². The second kappa shape index (κ2) is 1.52. The second-order valence-corrected chi connectivity index (χ2v) is 1.65. The molecular weight excluding hydrogens is 95.1 g/mol. The lowest BCUT2D eigenvalue weighted by Gasteiger charge is -1.86. The van der Waals surface area contributed by atoms with Gasteiger partial charge in [0.2, 0.25) is 0 Å². The van der Waals surface area contributed by atoms with Gasteiger partial charge in [0.05, 0.1) is 6.61 Å². The highest BCUT2D eigenvalue weighted by Crippen LogP contribution is 2.18. The summed E-state index contributed by atoms with van der Waals surface area (Å²) in [5, 5.41) is 0. The maximum atomic E-state index is 12.0. The van der Waals surface area contributed by atoms with Crippen LogP contribution in [0.2, 0.25) is 0 Å². The highest BCUT2D eigenvalue weighted by atomic mass is 19.1. The van der Waals surface area contributed by atoms with E-state index >= 15 is 0 Å². The minimum Gasteiger partial charge on any atom is -0.470 e. The van der Waals surface area contributed by atoms with Gasteiger partial charge in [-0.3, -0.25) is 0 Å². The van der Waals surface area contributed by atoms with E-state index in [4.69, 9.17) is 0 Å². The number of hydrogen-bond acceptors (Lipinski definition) is 1. The summed E-state index contributed by atoms with van der Waals surface area (Å²) in [6.45, 7) is 2.26. The van der Waals surface area contributed by atoms with Crippen LogP contribution in [0.3, 0.4) is 0 Å². The maximum Gasteiger partial charge on any atom is 0.271 e. The molecule has 0 saturated heterocycles. The zero-order valence-corrected chi connectivity index (χ0v) is 4.20. The lowest BCUT2D eigenvalue weighted by atomic mass is 10.3. The van der Waals surface area contributed by atoms with E-state index < -0.39 is 0 Å². The zero-order valence-electron chi connectivity index (χ0n) is 4.20. The third-order valence-electron chi connectivity index (χ3n) is 1.04.